The average Bonchev–Trinajstić information content (AvgIpc) is 3.62. The van der Waals surface area contributed by atoms with Crippen LogP contribution in [0.5, 0.6) is 0 Å². The predicted molar refractivity (Wildman–Crippen MR) is 202 cm³/mol. The van der Waals surface area contributed by atoms with E-state index in [0.717, 1.165) is 31.4 Å². The van der Waals surface area contributed by atoms with Gasteiger partial charge < -0.3 is 25.4 Å². The summed E-state index contributed by atoms with van der Waals surface area (Å²) in [6, 6.07) is 7.70. The van der Waals surface area contributed by atoms with Crippen molar-refractivity contribution in [1.29, 1.82) is 0 Å². The maximum absolute atomic E-state index is 14.2. The molecule has 7 atom stereocenters. The third-order valence-corrected chi connectivity index (χ3v) is 11.2. The Morgan fingerprint density at radius 1 is 1.04 bits per heavy atom. The van der Waals surface area contributed by atoms with E-state index in [1.54, 1.807) is 31.2 Å². The topological polar surface area (TPSA) is 158 Å². The number of nitrogens with one attached hydrogen (secondary N) is 2. The zero-order chi connectivity index (χ0) is 38.5. The number of aliphatic carboxylic acids is 1. The molecule has 1 saturated heterocycles. The molecule has 0 aliphatic carbocycles. The second-order valence-electron chi connectivity index (χ2n) is 14.6. The number of carbonyl (C=O) groups excluding carboxylic acids is 4. The largest absolute Gasteiger partial charge is 0.481 e. The van der Waals surface area contributed by atoms with Crippen molar-refractivity contribution in [3.63, 3.8) is 0 Å². The first kappa shape index (κ1) is 42.6. The fourth-order valence-electron chi connectivity index (χ4n) is 6.68. The van der Waals surface area contributed by atoms with E-state index in [-0.39, 0.29) is 54.6 Å². The average molecular weight is 742 g/mol. The van der Waals surface area contributed by atoms with Crippen molar-refractivity contribution in [3.8, 4) is 0 Å². The molecule has 1 aromatic carbocycles. The molecule has 1 aliphatic heterocycles. The van der Waals surface area contributed by atoms with Crippen molar-refractivity contribution in [2.45, 2.75) is 123 Å². The first-order valence-electron chi connectivity index (χ1n) is 18.7. The number of amides is 3. The van der Waals surface area contributed by atoms with Gasteiger partial charge in [0.2, 0.25) is 11.8 Å². The summed E-state index contributed by atoms with van der Waals surface area (Å²) in [5.41, 5.74) is 1.10. The van der Waals surface area contributed by atoms with Gasteiger partial charge in [0.1, 0.15) is 16.7 Å². The van der Waals surface area contributed by atoms with Crippen LogP contribution in [0.15, 0.2) is 35.7 Å². The molecule has 52 heavy (non-hydrogen) atoms. The smallest absolute Gasteiger partial charge is 0.306 e. The molecule has 1 aromatic heterocycles. The van der Waals surface area contributed by atoms with Crippen LogP contribution in [0.25, 0.3) is 0 Å². The lowest BCUT2D eigenvalue weighted by Crippen LogP contribution is -2.58. The van der Waals surface area contributed by atoms with Crippen molar-refractivity contribution < 1.29 is 33.8 Å². The minimum absolute atomic E-state index is 0.0489. The number of esters is 1. The molecule has 3 unspecified atom stereocenters. The van der Waals surface area contributed by atoms with Crippen LogP contribution in [0.4, 0.5) is 0 Å². The van der Waals surface area contributed by atoms with Gasteiger partial charge in [-0.2, -0.15) is 0 Å². The number of hydrogen-bond donors (Lipinski definition) is 3. The van der Waals surface area contributed by atoms with E-state index < -0.39 is 48.0 Å². The molecule has 13 heteroatoms. The van der Waals surface area contributed by atoms with Crippen LogP contribution in [0, 0.1) is 17.8 Å². The van der Waals surface area contributed by atoms with Crippen molar-refractivity contribution in [3.05, 3.63) is 52.0 Å². The Bertz CT molecular complexity index is 1480. The molecule has 0 radical (unpaired) electrons. The Labute approximate surface area is 313 Å². The molecule has 1 aliphatic rings. The number of benzene rings is 1. The molecule has 0 spiro atoms. The summed E-state index contributed by atoms with van der Waals surface area (Å²) < 4.78 is 5.91. The number of carbonyl (C=O) groups is 5. The summed E-state index contributed by atoms with van der Waals surface area (Å²) in [5, 5.41) is 17.6. The Morgan fingerprint density at radius 3 is 2.33 bits per heavy atom. The number of piperidine rings is 1. The molecular weight excluding hydrogens is 683 g/mol. The predicted octanol–water partition coefficient (Wildman–Crippen LogP) is 5.48. The molecular formula is C39H59N5O7S. The van der Waals surface area contributed by atoms with Gasteiger partial charge in [0.05, 0.1) is 12.0 Å². The number of rotatable bonds is 19. The van der Waals surface area contributed by atoms with Crippen molar-refractivity contribution >= 4 is 41.0 Å². The number of carboxylic acid groups (broad SMARTS) is 1. The van der Waals surface area contributed by atoms with E-state index in [4.69, 9.17) is 4.74 Å². The zero-order valence-electron chi connectivity index (χ0n) is 32.1. The van der Waals surface area contributed by atoms with Crippen LogP contribution >= 0.6 is 11.3 Å². The number of hydrogen-bond acceptors (Lipinski definition) is 9. The summed E-state index contributed by atoms with van der Waals surface area (Å²) in [7, 11) is 3.67. The van der Waals surface area contributed by atoms with Gasteiger partial charge in [-0.15, -0.1) is 11.3 Å². The number of carboxylic acids is 1. The monoisotopic (exact) mass is 741 g/mol. The second kappa shape index (κ2) is 20.4. The van der Waals surface area contributed by atoms with E-state index in [0.29, 0.717) is 17.8 Å². The van der Waals surface area contributed by atoms with Crippen LogP contribution in [-0.2, 0) is 30.3 Å². The lowest BCUT2D eigenvalue weighted by Gasteiger charge is -2.38. The summed E-state index contributed by atoms with van der Waals surface area (Å²) >= 11 is 1.19. The minimum Gasteiger partial charge on any atom is -0.481 e. The minimum atomic E-state index is -0.943. The second-order valence-corrected chi connectivity index (χ2v) is 15.5. The lowest BCUT2D eigenvalue weighted by atomic mass is 9.92. The lowest BCUT2D eigenvalue weighted by molar-refractivity contribution is -0.151. The van der Waals surface area contributed by atoms with Crippen molar-refractivity contribution in [2.75, 3.05) is 20.6 Å². The Hall–Kier alpha value is -3.84. The van der Waals surface area contributed by atoms with Gasteiger partial charge in [0.15, 0.2) is 6.10 Å². The standard InChI is InChI=1S/C39H59N5O7S/c1-9-25(5)34(42-36(47)30-18-14-15-19-43(30)7)38(48)44(8)31(24(3)4)22-32(51-33(45)10-2)37-41-29(23-52-37)35(46)40-28(20-26(6)39(49)50)21-27-16-12-11-13-17-27/h11-13,16-17,23-26,28,30-32,34H,9-10,14-15,18-22H2,1-8H3,(H,40,46)(H,42,47)(H,49,50)/t25-,26?,28?,30?,31+,32+,34-/m0/s1. The third-order valence-electron chi connectivity index (χ3n) is 10.2. The number of likely N-dealkylation sites (N-methyl/N-ethyl adjacent to an activating group) is 2. The molecule has 0 bridgehead atoms. The number of ether oxygens (including phenoxy) is 1. The quantitative estimate of drug-likeness (QED) is 0.159. The molecule has 3 rings (SSSR count). The van der Waals surface area contributed by atoms with E-state index in [9.17, 15) is 29.1 Å². The molecule has 2 aromatic rings. The number of thiazole rings is 1. The Morgan fingerprint density at radius 2 is 1.73 bits per heavy atom. The van der Waals surface area contributed by atoms with Crippen LogP contribution in [0.1, 0.15) is 114 Å². The molecule has 1 fully saturated rings. The van der Waals surface area contributed by atoms with Gasteiger partial charge in [0.25, 0.3) is 5.91 Å². The van der Waals surface area contributed by atoms with Gasteiger partial charge in [-0.3, -0.25) is 28.9 Å². The van der Waals surface area contributed by atoms with Gasteiger partial charge in [-0.1, -0.05) is 84.7 Å². The molecule has 288 valence electrons. The summed E-state index contributed by atoms with van der Waals surface area (Å²) in [5.74, 6) is -3.01. The maximum Gasteiger partial charge on any atom is 0.306 e. The molecule has 0 saturated carbocycles. The van der Waals surface area contributed by atoms with Gasteiger partial charge in [0, 0.05) is 37.4 Å². The highest BCUT2D eigenvalue weighted by Gasteiger charge is 2.37. The SMILES string of the molecule is CCC(=O)O[C@H](C[C@H](C(C)C)N(C)C(=O)[C@@H](NC(=O)C1CCCCN1C)[C@@H](C)CC)c1nc(C(=O)NC(Cc2ccccc2)CC(C)C(=O)O)cs1. The summed E-state index contributed by atoms with van der Waals surface area (Å²) in [6.45, 7) is 12.1. The van der Waals surface area contributed by atoms with E-state index in [1.165, 1.54) is 11.3 Å². The van der Waals surface area contributed by atoms with Crippen LogP contribution < -0.4 is 10.6 Å². The van der Waals surface area contributed by atoms with E-state index >= 15 is 0 Å². The maximum atomic E-state index is 14.2. The van der Waals surface area contributed by atoms with Crippen LogP contribution in [0.2, 0.25) is 0 Å². The molecule has 2 heterocycles. The fraction of sp³-hybridized carbons (Fsp3) is 0.641. The number of aromatic nitrogens is 1. The van der Waals surface area contributed by atoms with E-state index in [1.807, 2.05) is 70.0 Å². The van der Waals surface area contributed by atoms with Gasteiger partial charge in [-0.05, 0) is 56.7 Å². The van der Waals surface area contributed by atoms with Gasteiger partial charge in [-0.25, -0.2) is 4.98 Å². The first-order chi connectivity index (χ1) is 24.7. The summed E-state index contributed by atoms with van der Waals surface area (Å²) in [6.07, 6.45) is 3.68. The zero-order valence-corrected chi connectivity index (χ0v) is 32.9. The molecule has 3 amide bonds. The Balaban J connectivity index is 1.83. The highest BCUT2D eigenvalue weighted by atomic mass is 32.1. The number of nitrogens with zero attached hydrogens (tertiary/aromatic N) is 3. The number of likely N-dealkylation sites (tertiary alicyclic amines) is 1. The van der Waals surface area contributed by atoms with Crippen molar-refractivity contribution in [2.24, 2.45) is 17.8 Å². The summed E-state index contributed by atoms with van der Waals surface area (Å²) in [4.78, 5) is 73.9. The van der Waals surface area contributed by atoms with Crippen LogP contribution in [-0.4, -0.2) is 94.4 Å². The van der Waals surface area contributed by atoms with Gasteiger partial charge >= 0.3 is 11.9 Å². The van der Waals surface area contributed by atoms with Crippen molar-refractivity contribution in [1.82, 2.24) is 25.4 Å². The van der Waals surface area contributed by atoms with E-state index in [2.05, 4.69) is 15.6 Å². The normalized spacial score (nSPS) is 18.4. The first-order valence-corrected chi connectivity index (χ1v) is 19.5. The highest BCUT2D eigenvalue weighted by Crippen LogP contribution is 2.31. The van der Waals surface area contributed by atoms with Crippen LogP contribution in [0.3, 0.4) is 0 Å². The molecule has 12 nitrogen and oxygen atoms in total. The molecule has 3 N–H and O–H groups in total. The highest BCUT2D eigenvalue weighted by molar-refractivity contribution is 7.09. The third kappa shape index (κ3) is 12.1. The fourth-order valence-corrected chi connectivity index (χ4v) is 7.52. The Kier molecular flexibility index (Phi) is 16.7.